The van der Waals surface area contributed by atoms with Crippen LogP contribution in [0.25, 0.3) is 0 Å². The Morgan fingerprint density at radius 3 is 2.37 bits per heavy atom. The van der Waals surface area contributed by atoms with E-state index in [9.17, 15) is 9.18 Å². The van der Waals surface area contributed by atoms with Crippen LogP contribution in [0, 0.1) is 5.82 Å². The van der Waals surface area contributed by atoms with Crippen molar-refractivity contribution in [1.82, 2.24) is 0 Å². The van der Waals surface area contributed by atoms with Crippen LogP contribution in [0.5, 0.6) is 0 Å². The van der Waals surface area contributed by atoms with Crippen molar-refractivity contribution in [3.8, 4) is 0 Å². The molecule has 19 heavy (non-hydrogen) atoms. The molecule has 0 saturated heterocycles. The van der Waals surface area contributed by atoms with Crippen LogP contribution < -0.4 is 5.32 Å². The number of carboxylic acid groups (broad SMARTS) is 1. The van der Waals surface area contributed by atoms with Gasteiger partial charge in [-0.2, -0.15) is 0 Å². The summed E-state index contributed by atoms with van der Waals surface area (Å²) < 4.78 is 13.5. The second-order valence-electron chi connectivity index (χ2n) is 4.17. The van der Waals surface area contributed by atoms with Gasteiger partial charge >= 0.3 is 5.97 Å². The first-order chi connectivity index (χ1) is 9.16. The Morgan fingerprint density at radius 2 is 1.68 bits per heavy atom. The van der Waals surface area contributed by atoms with Crippen LogP contribution in [0.15, 0.2) is 48.5 Å². The van der Waals surface area contributed by atoms with E-state index in [1.54, 1.807) is 36.4 Å². The van der Waals surface area contributed by atoms with Gasteiger partial charge in [0.25, 0.3) is 0 Å². The van der Waals surface area contributed by atoms with E-state index in [4.69, 9.17) is 5.11 Å². The van der Waals surface area contributed by atoms with E-state index in [-0.39, 0.29) is 12.2 Å². The SMILES string of the molecule is O=C(O)Cc1ccccc1NCc1ccccc1F. The molecule has 2 rings (SSSR count). The third kappa shape index (κ3) is 3.55. The summed E-state index contributed by atoms with van der Waals surface area (Å²) in [6, 6.07) is 13.6. The quantitative estimate of drug-likeness (QED) is 0.867. The predicted molar refractivity (Wildman–Crippen MR) is 71.5 cm³/mol. The molecule has 2 aromatic rings. The van der Waals surface area contributed by atoms with Gasteiger partial charge in [0.15, 0.2) is 0 Å². The summed E-state index contributed by atoms with van der Waals surface area (Å²) in [6.07, 6.45) is -0.0551. The number of carbonyl (C=O) groups is 1. The van der Waals surface area contributed by atoms with Crippen LogP contribution in [-0.4, -0.2) is 11.1 Å². The molecule has 0 aromatic heterocycles. The Hall–Kier alpha value is -2.36. The molecule has 0 aliphatic rings. The lowest BCUT2D eigenvalue weighted by molar-refractivity contribution is -0.136. The molecule has 2 N–H and O–H groups in total. The molecule has 0 saturated carbocycles. The number of hydrogen-bond acceptors (Lipinski definition) is 2. The lowest BCUT2D eigenvalue weighted by Crippen LogP contribution is -2.07. The van der Waals surface area contributed by atoms with Gasteiger partial charge in [0.2, 0.25) is 0 Å². The van der Waals surface area contributed by atoms with Crippen LogP contribution >= 0.6 is 0 Å². The summed E-state index contributed by atoms with van der Waals surface area (Å²) in [5.41, 5.74) is 1.95. The Balaban J connectivity index is 2.11. The van der Waals surface area contributed by atoms with Gasteiger partial charge in [-0.1, -0.05) is 36.4 Å². The van der Waals surface area contributed by atoms with Crippen molar-refractivity contribution in [3.05, 3.63) is 65.5 Å². The first-order valence-corrected chi connectivity index (χ1v) is 5.94. The summed E-state index contributed by atoms with van der Waals surface area (Å²) in [7, 11) is 0. The summed E-state index contributed by atoms with van der Waals surface area (Å²) in [5.74, 6) is -1.16. The first-order valence-electron chi connectivity index (χ1n) is 5.94. The Kier molecular flexibility index (Phi) is 4.13. The van der Waals surface area contributed by atoms with Crippen LogP contribution in [0.1, 0.15) is 11.1 Å². The minimum atomic E-state index is -0.889. The lowest BCUT2D eigenvalue weighted by Gasteiger charge is -2.11. The zero-order chi connectivity index (χ0) is 13.7. The van der Waals surface area contributed by atoms with E-state index < -0.39 is 5.97 Å². The fraction of sp³-hybridized carbons (Fsp3) is 0.133. The normalized spacial score (nSPS) is 10.2. The summed E-state index contributed by atoms with van der Waals surface area (Å²) >= 11 is 0. The Morgan fingerprint density at radius 1 is 1.05 bits per heavy atom. The predicted octanol–water partition coefficient (Wildman–Crippen LogP) is 3.06. The highest BCUT2D eigenvalue weighted by molar-refractivity contribution is 5.73. The number of para-hydroxylation sites is 1. The molecular weight excluding hydrogens is 245 g/mol. The van der Waals surface area contributed by atoms with Crippen molar-refractivity contribution in [2.75, 3.05) is 5.32 Å². The number of rotatable bonds is 5. The third-order valence-electron chi connectivity index (χ3n) is 2.79. The number of carboxylic acids is 1. The minimum absolute atomic E-state index is 0.0551. The summed E-state index contributed by atoms with van der Waals surface area (Å²) in [4.78, 5) is 10.8. The summed E-state index contributed by atoms with van der Waals surface area (Å²) in [6.45, 7) is 0.323. The topological polar surface area (TPSA) is 49.3 Å². The highest BCUT2D eigenvalue weighted by Crippen LogP contribution is 2.17. The van der Waals surface area contributed by atoms with Gasteiger partial charge in [0.1, 0.15) is 5.82 Å². The third-order valence-corrected chi connectivity index (χ3v) is 2.79. The number of anilines is 1. The van der Waals surface area contributed by atoms with E-state index in [1.165, 1.54) is 6.07 Å². The molecule has 98 valence electrons. The van der Waals surface area contributed by atoms with Crippen LogP contribution in [0.2, 0.25) is 0 Å². The number of nitrogens with one attached hydrogen (secondary N) is 1. The highest BCUT2D eigenvalue weighted by Gasteiger charge is 2.07. The van der Waals surface area contributed by atoms with Gasteiger partial charge in [-0.3, -0.25) is 4.79 Å². The van der Waals surface area contributed by atoms with Gasteiger partial charge in [-0.25, -0.2) is 4.39 Å². The van der Waals surface area contributed by atoms with Crippen molar-refractivity contribution in [1.29, 1.82) is 0 Å². The standard InChI is InChI=1S/C15H14FNO2/c16-13-7-3-1-6-12(13)10-17-14-8-4-2-5-11(14)9-15(18)19/h1-8,17H,9-10H2,(H,18,19). The molecule has 0 bridgehead atoms. The number of aliphatic carboxylic acids is 1. The monoisotopic (exact) mass is 259 g/mol. The maximum absolute atomic E-state index is 13.5. The molecule has 0 aliphatic heterocycles. The van der Waals surface area contributed by atoms with E-state index >= 15 is 0 Å². The average molecular weight is 259 g/mol. The molecule has 4 heteroatoms. The highest BCUT2D eigenvalue weighted by atomic mass is 19.1. The largest absolute Gasteiger partial charge is 0.481 e. The van der Waals surface area contributed by atoms with Crippen molar-refractivity contribution < 1.29 is 14.3 Å². The number of benzene rings is 2. The van der Waals surface area contributed by atoms with E-state index in [2.05, 4.69) is 5.32 Å². The van der Waals surface area contributed by atoms with Crippen molar-refractivity contribution in [3.63, 3.8) is 0 Å². The van der Waals surface area contributed by atoms with Gasteiger partial charge in [0.05, 0.1) is 6.42 Å². The second-order valence-corrected chi connectivity index (χ2v) is 4.17. The van der Waals surface area contributed by atoms with Gasteiger partial charge in [0, 0.05) is 17.8 Å². The fourth-order valence-electron chi connectivity index (χ4n) is 1.84. The number of halogens is 1. The summed E-state index contributed by atoms with van der Waals surface area (Å²) in [5, 5.41) is 11.9. The Bertz CT molecular complexity index is 584. The van der Waals surface area contributed by atoms with Crippen LogP contribution in [0.3, 0.4) is 0 Å². The minimum Gasteiger partial charge on any atom is -0.481 e. The zero-order valence-corrected chi connectivity index (χ0v) is 10.3. The van der Waals surface area contributed by atoms with Crippen molar-refractivity contribution in [2.45, 2.75) is 13.0 Å². The lowest BCUT2D eigenvalue weighted by atomic mass is 10.1. The van der Waals surface area contributed by atoms with Crippen LogP contribution in [0.4, 0.5) is 10.1 Å². The molecule has 2 aromatic carbocycles. The van der Waals surface area contributed by atoms with Gasteiger partial charge < -0.3 is 10.4 Å². The maximum Gasteiger partial charge on any atom is 0.307 e. The molecule has 0 radical (unpaired) electrons. The molecule has 3 nitrogen and oxygen atoms in total. The maximum atomic E-state index is 13.5. The van der Waals surface area contributed by atoms with E-state index in [1.807, 2.05) is 6.07 Å². The van der Waals surface area contributed by atoms with Crippen molar-refractivity contribution in [2.24, 2.45) is 0 Å². The van der Waals surface area contributed by atoms with Crippen molar-refractivity contribution >= 4 is 11.7 Å². The van der Waals surface area contributed by atoms with E-state index in [0.29, 0.717) is 23.4 Å². The molecule has 0 unspecified atom stereocenters. The Labute approximate surface area is 110 Å². The molecule has 0 spiro atoms. The molecular formula is C15H14FNO2. The second kappa shape index (κ2) is 6.00. The molecule has 0 aliphatic carbocycles. The number of hydrogen-bond donors (Lipinski definition) is 2. The molecule has 0 heterocycles. The van der Waals surface area contributed by atoms with Crippen LogP contribution in [-0.2, 0) is 17.8 Å². The van der Waals surface area contributed by atoms with Gasteiger partial charge in [-0.15, -0.1) is 0 Å². The molecule has 0 atom stereocenters. The van der Waals surface area contributed by atoms with Gasteiger partial charge in [-0.05, 0) is 17.7 Å². The smallest absolute Gasteiger partial charge is 0.307 e. The fourth-order valence-corrected chi connectivity index (χ4v) is 1.84. The zero-order valence-electron chi connectivity index (χ0n) is 10.3. The first kappa shape index (κ1) is 13.1. The molecule has 0 fully saturated rings. The van der Waals surface area contributed by atoms with E-state index in [0.717, 1.165) is 0 Å². The average Bonchev–Trinajstić information content (AvgIpc) is 2.39. The molecule has 0 amide bonds.